The van der Waals surface area contributed by atoms with Gasteiger partial charge in [-0.05, 0) is 64.0 Å². The normalized spacial score (nSPS) is 14.2. The molecule has 0 spiro atoms. The Balaban J connectivity index is 2.31. The van der Waals surface area contributed by atoms with Gasteiger partial charge in [-0.1, -0.05) is 22.9 Å². The maximum Gasteiger partial charge on any atom is 0.0373 e. The molecule has 2 aromatic rings. The fraction of sp³-hybridized carbons (Fsp3) is 0.214. The summed E-state index contributed by atoms with van der Waals surface area (Å²) in [7, 11) is 0. The van der Waals surface area contributed by atoms with E-state index in [0.29, 0.717) is 0 Å². The third-order valence-electron chi connectivity index (χ3n) is 3.09. The van der Waals surface area contributed by atoms with Gasteiger partial charge in [0.2, 0.25) is 0 Å². The number of nitrogens with two attached hydrogens (primary N) is 1. The van der Waals surface area contributed by atoms with E-state index >= 15 is 0 Å². The Morgan fingerprint density at radius 1 is 1.22 bits per heavy atom. The molecule has 2 rings (SSSR count). The van der Waals surface area contributed by atoms with Gasteiger partial charge in [-0.25, -0.2) is 0 Å². The zero-order chi connectivity index (χ0) is 13.1. The molecular weight excluding hydrogens is 403 g/mol. The standard InChI is InChI=1S/C14H14BrIN2/c1-9(10-4-6-18-7-5-10)14(17)12-8-11(16)2-3-13(12)15/h2-9,14H,17H2,1H3. The molecule has 1 aromatic carbocycles. The number of nitrogens with zero attached hydrogens (tertiary/aromatic N) is 1. The molecule has 0 saturated carbocycles. The summed E-state index contributed by atoms with van der Waals surface area (Å²) in [6.45, 7) is 2.15. The Bertz CT molecular complexity index is 531. The summed E-state index contributed by atoms with van der Waals surface area (Å²) in [5.74, 6) is 0.252. The zero-order valence-corrected chi connectivity index (χ0v) is 13.7. The summed E-state index contributed by atoms with van der Waals surface area (Å²) in [4.78, 5) is 4.04. The van der Waals surface area contributed by atoms with Crippen LogP contribution in [0.4, 0.5) is 0 Å². The molecule has 4 heteroatoms. The molecule has 2 unspecified atom stereocenters. The highest BCUT2D eigenvalue weighted by atomic mass is 127. The average molecular weight is 417 g/mol. The van der Waals surface area contributed by atoms with Gasteiger partial charge in [-0.15, -0.1) is 0 Å². The lowest BCUT2D eigenvalue weighted by atomic mass is 9.90. The first-order chi connectivity index (χ1) is 8.59. The molecule has 1 heterocycles. The SMILES string of the molecule is CC(c1ccncc1)C(N)c1cc(I)ccc1Br. The maximum absolute atomic E-state index is 6.39. The summed E-state index contributed by atoms with van der Waals surface area (Å²) < 4.78 is 2.26. The minimum atomic E-state index is -0.0310. The summed E-state index contributed by atoms with van der Waals surface area (Å²) in [6.07, 6.45) is 3.62. The van der Waals surface area contributed by atoms with Crippen molar-refractivity contribution in [1.82, 2.24) is 4.98 Å². The lowest BCUT2D eigenvalue weighted by Crippen LogP contribution is -2.18. The molecule has 0 fully saturated rings. The van der Waals surface area contributed by atoms with E-state index in [1.165, 1.54) is 9.13 Å². The summed E-state index contributed by atoms with van der Waals surface area (Å²) in [5, 5.41) is 0. The number of rotatable bonds is 3. The molecule has 0 bridgehead atoms. The van der Waals surface area contributed by atoms with Crippen LogP contribution >= 0.6 is 38.5 Å². The van der Waals surface area contributed by atoms with Crippen LogP contribution in [0.1, 0.15) is 30.0 Å². The number of halogens is 2. The van der Waals surface area contributed by atoms with Crippen LogP contribution < -0.4 is 5.73 Å². The van der Waals surface area contributed by atoms with Crippen LogP contribution in [0.2, 0.25) is 0 Å². The van der Waals surface area contributed by atoms with Gasteiger partial charge in [0.1, 0.15) is 0 Å². The van der Waals surface area contributed by atoms with Crippen LogP contribution in [-0.4, -0.2) is 4.98 Å². The molecule has 18 heavy (non-hydrogen) atoms. The molecule has 0 aliphatic rings. The largest absolute Gasteiger partial charge is 0.323 e. The number of hydrogen-bond donors (Lipinski definition) is 1. The Hall–Kier alpha value is -0.460. The number of aromatic nitrogens is 1. The van der Waals surface area contributed by atoms with Gasteiger partial charge in [0.15, 0.2) is 0 Å². The number of hydrogen-bond acceptors (Lipinski definition) is 2. The molecule has 1 aromatic heterocycles. The van der Waals surface area contributed by atoms with Crippen LogP contribution in [0.25, 0.3) is 0 Å². The second-order valence-electron chi connectivity index (χ2n) is 4.26. The van der Waals surface area contributed by atoms with Gasteiger partial charge in [-0.3, -0.25) is 4.98 Å². The van der Waals surface area contributed by atoms with Crippen molar-refractivity contribution in [3.05, 3.63) is 61.9 Å². The van der Waals surface area contributed by atoms with Crippen LogP contribution in [-0.2, 0) is 0 Å². The molecule has 0 aliphatic carbocycles. The zero-order valence-electron chi connectivity index (χ0n) is 9.98. The van der Waals surface area contributed by atoms with Crippen molar-refractivity contribution in [2.45, 2.75) is 18.9 Å². The quantitative estimate of drug-likeness (QED) is 0.759. The first-order valence-electron chi connectivity index (χ1n) is 5.70. The predicted molar refractivity (Wildman–Crippen MR) is 86.4 cm³/mol. The van der Waals surface area contributed by atoms with E-state index in [0.717, 1.165) is 10.0 Å². The first kappa shape index (κ1) is 14.0. The van der Waals surface area contributed by atoms with Crippen molar-refractivity contribution in [1.29, 1.82) is 0 Å². The highest BCUT2D eigenvalue weighted by Gasteiger charge is 2.19. The Labute approximate surface area is 129 Å². The topological polar surface area (TPSA) is 38.9 Å². The van der Waals surface area contributed by atoms with E-state index < -0.39 is 0 Å². The van der Waals surface area contributed by atoms with Crippen LogP contribution in [0.5, 0.6) is 0 Å². The van der Waals surface area contributed by atoms with Gasteiger partial charge in [0.05, 0.1) is 0 Å². The molecule has 0 amide bonds. The van der Waals surface area contributed by atoms with E-state index in [9.17, 15) is 0 Å². The monoisotopic (exact) mass is 416 g/mol. The summed E-state index contributed by atoms with van der Waals surface area (Å²) in [5.41, 5.74) is 8.74. The minimum absolute atomic E-state index is 0.0310. The van der Waals surface area contributed by atoms with Crippen molar-refractivity contribution < 1.29 is 0 Å². The molecule has 2 atom stereocenters. The molecule has 0 radical (unpaired) electrons. The lowest BCUT2D eigenvalue weighted by Gasteiger charge is -2.22. The van der Waals surface area contributed by atoms with Gasteiger partial charge >= 0.3 is 0 Å². The molecule has 0 aliphatic heterocycles. The fourth-order valence-electron chi connectivity index (χ4n) is 1.91. The van der Waals surface area contributed by atoms with E-state index in [2.05, 4.69) is 68.6 Å². The number of benzene rings is 1. The molecule has 0 saturated heterocycles. The Kier molecular flexibility index (Phi) is 4.75. The highest BCUT2D eigenvalue weighted by Crippen LogP contribution is 2.33. The Morgan fingerprint density at radius 2 is 1.89 bits per heavy atom. The van der Waals surface area contributed by atoms with Crippen molar-refractivity contribution >= 4 is 38.5 Å². The van der Waals surface area contributed by atoms with E-state index in [4.69, 9.17) is 5.73 Å². The molecular formula is C14H14BrIN2. The van der Waals surface area contributed by atoms with E-state index in [1.807, 2.05) is 24.5 Å². The third-order valence-corrected chi connectivity index (χ3v) is 4.48. The second kappa shape index (κ2) is 6.12. The molecule has 94 valence electrons. The van der Waals surface area contributed by atoms with Gasteiger partial charge in [0.25, 0.3) is 0 Å². The molecule has 2 N–H and O–H groups in total. The fourth-order valence-corrected chi connectivity index (χ4v) is 2.94. The predicted octanol–water partition coefficient (Wildman–Crippen LogP) is 4.25. The van der Waals surface area contributed by atoms with Crippen LogP contribution in [0.15, 0.2) is 47.2 Å². The van der Waals surface area contributed by atoms with Crippen molar-refractivity contribution in [3.63, 3.8) is 0 Å². The van der Waals surface area contributed by atoms with Crippen molar-refractivity contribution in [3.8, 4) is 0 Å². The van der Waals surface area contributed by atoms with Crippen molar-refractivity contribution in [2.24, 2.45) is 5.73 Å². The highest BCUT2D eigenvalue weighted by molar-refractivity contribution is 14.1. The van der Waals surface area contributed by atoms with Gasteiger partial charge in [-0.2, -0.15) is 0 Å². The maximum atomic E-state index is 6.39. The smallest absolute Gasteiger partial charge is 0.0373 e. The second-order valence-corrected chi connectivity index (χ2v) is 6.36. The lowest BCUT2D eigenvalue weighted by molar-refractivity contribution is 0.595. The van der Waals surface area contributed by atoms with E-state index in [1.54, 1.807) is 0 Å². The summed E-state index contributed by atoms with van der Waals surface area (Å²) >= 11 is 5.88. The van der Waals surface area contributed by atoms with Crippen molar-refractivity contribution in [2.75, 3.05) is 0 Å². The van der Waals surface area contributed by atoms with Gasteiger partial charge < -0.3 is 5.73 Å². The van der Waals surface area contributed by atoms with Crippen LogP contribution in [0, 0.1) is 3.57 Å². The van der Waals surface area contributed by atoms with Gasteiger partial charge in [0, 0.05) is 32.4 Å². The number of pyridine rings is 1. The van der Waals surface area contributed by atoms with Crippen LogP contribution in [0.3, 0.4) is 0 Å². The Morgan fingerprint density at radius 3 is 2.56 bits per heavy atom. The summed E-state index contributed by atoms with van der Waals surface area (Å²) in [6, 6.07) is 10.3. The first-order valence-corrected chi connectivity index (χ1v) is 7.57. The molecule has 2 nitrogen and oxygen atoms in total. The third kappa shape index (κ3) is 3.10. The average Bonchev–Trinajstić information content (AvgIpc) is 2.41. The van der Waals surface area contributed by atoms with E-state index in [-0.39, 0.29) is 12.0 Å². The minimum Gasteiger partial charge on any atom is -0.323 e.